The van der Waals surface area contributed by atoms with Crippen LogP contribution in [0.2, 0.25) is 0 Å². The lowest BCUT2D eigenvalue weighted by molar-refractivity contribution is -0.114. The summed E-state index contributed by atoms with van der Waals surface area (Å²) in [5.74, 6) is 0. The molecule has 1 N–H and O–H groups in total. The Hall–Kier alpha value is -1.03. The molecule has 0 saturated carbocycles. The topological polar surface area (TPSA) is 32.3 Å². The van der Waals surface area contributed by atoms with Gasteiger partial charge in [-0.3, -0.25) is 9.69 Å². The largest absolute Gasteiger partial charge is 0.379 e. The van der Waals surface area contributed by atoms with Crippen LogP contribution in [0, 0.1) is 0 Å². The molecule has 1 amide bonds. The van der Waals surface area contributed by atoms with Crippen LogP contribution >= 0.6 is 15.9 Å². The van der Waals surface area contributed by atoms with E-state index < -0.39 is 0 Å². The molecule has 0 aromatic heterocycles. The number of allylic oxidation sites excluding steroid dienone is 2. The van der Waals surface area contributed by atoms with Crippen molar-refractivity contribution in [1.29, 1.82) is 0 Å². The summed E-state index contributed by atoms with van der Waals surface area (Å²) in [5, 5.41) is 3.16. The fourth-order valence-electron chi connectivity index (χ4n) is 1.30. The molecule has 0 aromatic rings. The zero-order chi connectivity index (χ0) is 8.55. The molecule has 0 fully saturated rings. The summed E-state index contributed by atoms with van der Waals surface area (Å²) in [6, 6.07) is 0. The summed E-state index contributed by atoms with van der Waals surface area (Å²) in [7, 11) is 0. The van der Waals surface area contributed by atoms with Gasteiger partial charge >= 0.3 is 0 Å². The van der Waals surface area contributed by atoms with Gasteiger partial charge in [-0.2, -0.15) is 0 Å². The molecule has 2 aliphatic rings. The molecule has 12 heavy (non-hydrogen) atoms. The van der Waals surface area contributed by atoms with Gasteiger partial charge in [0.05, 0.1) is 11.4 Å². The lowest BCUT2D eigenvalue weighted by Gasteiger charge is -2.18. The van der Waals surface area contributed by atoms with Crippen molar-refractivity contribution in [3.05, 3.63) is 34.2 Å². The van der Waals surface area contributed by atoms with Crippen LogP contribution in [0.25, 0.3) is 0 Å². The van der Waals surface area contributed by atoms with Crippen molar-refractivity contribution < 1.29 is 4.79 Å². The van der Waals surface area contributed by atoms with Crippen LogP contribution in [-0.2, 0) is 4.79 Å². The highest BCUT2D eigenvalue weighted by molar-refractivity contribution is 9.11. The Morgan fingerprint density at radius 3 is 3.25 bits per heavy atom. The molecule has 0 atom stereocenters. The number of carbonyl (C=O) groups excluding carboxylic acids is 1. The van der Waals surface area contributed by atoms with Crippen molar-refractivity contribution in [2.24, 2.45) is 0 Å². The molecular weight excluding hydrogens is 220 g/mol. The average molecular weight is 227 g/mol. The van der Waals surface area contributed by atoms with Gasteiger partial charge in [-0.15, -0.1) is 0 Å². The van der Waals surface area contributed by atoms with Gasteiger partial charge in [0.2, 0.25) is 6.41 Å². The number of amides is 1. The molecule has 0 spiro atoms. The number of hydrogen-bond donors (Lipinski definition) is 1. The molecule has 0 aliphatic carbocycles. The lowest BCUT2D eigenvalue weighted by atomic mass is 10.2. The first-order valence-corrected chi connectivity index (χ1v) is 4.37. The second-order valence-electron chi connectivity index (χ2n) is 2.54. The van der Waals surface area contributed by atoms with Crippen LogP contribution < -0.4 is 5.32 Å². The van der Waals surface area contributed by atoms with Crippen molar-refractivity contribution in [1.82, 2.24) is 10.2 Å². The van der Waals surface area contributed by atoms with Crippen LogP contribution in [0.1, 0.15) is 0 Å². The molecule has 0 aromatic carbocycles. The fourth-order valence-corrected chi connectivity index (χ4v) is 1.86. The van der Waals surface area contributed by atoms with Crippen molar-refractivity contribution in [3.8, 4) is 0 Å². The van der Waals surface area contributed by atoms with Gasteiger partial charge < -0.3 is 5.32 Å². The first kappa shape index (κ1) is 7.61. The predicted octanol–water partition coefficient (Wildman–Crippen LogP) is 1.07. The predicted molar refractivity (Wildman–Crippen MR) is 49.1 cm³/mol. The molecule has 0 radical (unpaired) electrons. The average Bonchev–Trinajstić information content (AvgIpc) is 2.48. The molecule has 0 bridgehead atoms. The highest BCUT2D eigenvalue weighted by atomic mass is 79.9. The second-order valence-corrected chi connectivity index (χ2v) is 3.50. The van der Waals surface area contributed by atoms with Crippen LogP contribution in [0.3, 0.4) is 0 Å². The Morgan fingerprint density at radius 2 is 2.50 bits per heavy atom. The Bertz CT molecular complexity index is 317. The molecule has 0 unspecified atom stereocenters. The molecule has 3 nitrogen and oxygen atoms in total. The smallest absolute Gasteiger partial charge is 0.218 e. The van der Waals surface area contributed by atoms with E-state index in [1.807, 2.05) is 12.2 Å². The lowest BCUT2D eigenvalue weighted by Crippen LogP contribution is -2.19. The van der Waals surface area contributed by atoms with Gasteiger partial charge in [0.1, 0.15) is 0 Å². The summed E-state index contributed by atoms with van der Waals surface area (Å²) < 4.78 is 1.02. The Kier molecular flexibility index (Phi) is 1.77. The van der Waals surface area contributed by atoms with Gasteiger partial charge in [-0.1, -0.05) is 15.9 Å². The zero-order valence-corrected chi connectivity index (χ0v) is 7.84. The Morgan fingerprint density at radius 1 is 1.67 bits per heavy atom. The maximum Gasteiger partial charge on any atom is 0.218 e. The van der Waals surface area contributed by atoms with Crippen LogP contribution in [0.4, 0.5) is 0 Å². The van der Waals surface area contributed by atoms with Crippen LogP contribution in [0.5, 0.6) is 0 Å². The van der Waals surface area contributed by atoms with E-state index in [1.165, 1.54) is 0 Å². The van der Waals surface area contributed by atoms with Gasteiger partial charge in [0, 0.05) is 17.2 Å². The number of carbonyl (C=O) groups is 1. The Labute approximate surface area is 78.6 Å². The van der Waals surface area contributed by atoms with E-state index in [4.69, 9.17) is 0 Å². The first-order chi connectivity index (χ1) is 5.83. The SMILES string of the molecule is O=CN1C=CC=C2NCC(Br)=C21. The number of rotatable bonds is 1. The number of nitrogens with zero attached hydrogens (tertiary/aromatic N) is 1. The van der Waals surface area contributed by atoms with Crippen molar-refractivity contribution in [2.45, 2.75) is 0 Å². The summed E-state index contributed by atoms with van der Waals surface area (Å²) in [4.78, 5) is 12.2. The Balaban J connectivity index is 2.45. The number of hydrogen-bond acceptors (Lipinski definition) is 2. The van der Waals surface area contributed by atoms with Gasteiger partial charge in [0.25, 0.3) is 0 Å². The second kappa shape index (κ2) is 2.79. The van der Waals surface area contributed by atoms with E-state index in [0.717, 1.165) is 28.8 Å². The van der Waals surface area contributed by atoms with E-state index in [-0.39, 0.29) is 0 Å². The number of fused-ring (bicyclic) bond motifs is 1. The molecular formula is C8H7BrN2O. The van der Waals surface area contributed by atoms with Crippen molar-refractivity contribution in [3.63, 3.8) is 0 Å². The molecule has 62 valence electrons. The van der Waals surface area contributed by atoms with Crippen LogP contribution in [0.15, 0.2) is 34.2 Å². The summed E-state index contributed by atoms with van der Waals surface area (Å²) in [6.07, 6.45) is 6.32. The van der Waals surface area contributed by atoms with E-state index in [2.05, 4.69) is 21.2 Å². The normalized spacial score (nSPS) is 20.4. The minimum absolute atomic E-state index is 0.757. The zero-order valence-electron chi connectivity index (χ0n) is 6.25. The molecule has 2 heterocycles. The van der Waals surface area contributed by atoms with E-state index in [0.29, 0.717) is 0 Å². The number of halogens is 1. The van der Waals surface area contributed by atoms with E-state index >= 15 is 0 Å². The van der Waals surface area contributed by atoms with Crippen molar-refractivity contribution in [2.75, 3.05) is 6.54 Å². The summed E-state index contributed by atoms with van der Waals surface area (Å²) in [6.45, 7) is 0.757. The summed E-state index contributed by atoms with van der Waals surface area (Å²) in [5.41, 5.74) is 1.92. The molecule has 4 heteroatoms. The van der Waals surface area contributed by atoms with Gasteiger partial charge in [-0.05, 0) is 12.2 Å². The quantitative estimate of drug-likeness (QED) is 0.679. The van der Waals surface area contributed by atoms with Gasteiger partial charge in [0.15, 0.2) is 0 Å². The van der Waals surface area contributed by atoms with E-state index in [9.17, 15) is 4.79 Å². The number of nitrogens with one attached hydrogen (secondary N) is 1. The van der Waals surface area contributed by atoms with Crippen LogP contribution in [-0.4, -0.2) is 17.9 Å². The molecule has 2 aliphatic heterocycles. The summed E-state index contributed by atoms with van der Waals surface area (Å²) >= 11 is 3.40. The van der Waals surface area contributed by atoms with Crippen molar-refractivity contribution >= 4 is 22.3 Å². The third-order valence-electron chi connectivity index (χ3n) is 1.83. The first-order valence-electron chi connectivity index (χ1n) is 3.58. The maximum absolute atomic E-state index is 10.6. The maximum atomic E-state index is 10.6. The monoisotopic (exact) mass is 226 g/mol. The molecule has 0 saturated heterocycles. The minimum Gasteiger partial charge on any atom is -0.379 e. The standard InChI is InChI=1S/C8H7BrN2O/c9-6-4-10-7-2-1-3-11(5-12)8(6)7/h1-3,5,10H,4H2. The minimum atomic E-state index is 0.757. The third kappa shape index (κ3) is 0.992. The van der Waals surface area contributed by atoms with Gasteiger partial charge in [-0.25, -0.2) is 0 Å². The highest BCUT2D eigenvalue weighted by Gasteiger charge is 2.22. The fraction of sp³-hybridized carbons (Fsp3) is 0.125. The highest BCUT2D eigenvalue weighted by Crippen LogP contribution is 2.28. The van der Waals surface area contributed by atoms with E-state index in [1.54, 1.807) is 11.1 Å². The third-order valence-corrected chi connectivity index (χ3v) is 2.48. The molecule has 2 rings (SSSR count).